The number of carbonyl (C=O) groups is 2. The molecule has 25 heavy (non-hydrogen) atoms. The number of ketones is 2. The van der Waals surface area contributed by atoms with Crippen LogP contribution in [-0.2, 0) is 15.0 Å². The number of fused-ring (bicyclic) bond motifs is 1. The second kappa shape index (κ2) is 6.89. The van der Waals surface area contributed by atoms with Crippen molar-refractivity contribution in [3.63, 3.8) is 0 Å². The summed E-state index contributed by atoms with van der Waals surface area (Å²) in [6, 6.07) is 15.3. The van der Waals surface area contributed by atoms with Gasteiger partial charge in [0, 0.05) is 0 Å². The number of ether oxygens (including phenoxy) is 1. The molecular weight excluding hydrogens is 312 g/mol. The van der Waals surface area contributed by atoms with E-state index in [1.54, 1.807) is 19.3 Å². The Bertz CT molecular complexity index is 862. The predicted molar refractivity (Wildman–Crippen MR) is 99.5 cm³/mol. The fourth-order valence-electron chi connectivity index (χ4n) is 3.29. The number of hydrogen-bond acceptors (Lipinski definition) is 3. The Kier molecular flexibility index (Phi) is 4.66. The predicted octanol–water partition coefficient (Wildman–Crippen LogP) is 4.22. The molecule has 1 atom stereocenters. The van der Waals surface area contributed by atoms with Crippen LogP contribution in [0.2, 0.25) is 0 Å². The van der Waals surface area contributed by atoms with Crippen LogP contribution >= 0.6 is 0 Å². The Balaban J connectivity index is 2.02. The van der Waals surface area contributed by atoms with Gasteiger partial charge in [-0.3, -0.25) is 9.59 Å². The Hall–Kier alpha value is -2.94. The van der Waals surface area contributed by atoms with E-state index in [0.29, 0.717) is 12.2 Å². The maximum absolute atomic E-state index is 12.7. The van der Waals surface area contributed by atoms with Gasteiger partial charge in [0.1, 0.15) is 16.9 Å². The largest absolute Gasteiger partial charge is 0.497 e. The minimum atomic E-state index is -1.17. The van der Waals surface area contributed by atoms with Crippen molar-refractivity contribution < 1.29 is 14.3 Å². The van der Waals surface area contributed by atoms with Crippen LogP contribution in [0, 0.1) is 0 Å². The topological polar surface area (TPSA) is 43.4 Å². The molecule has 1 unspecified atom stereocenters. The summed E-state index contributed by atoms with van der Waals surface area (Å²) in [5.74, 6) is 0.386. The number of allylic oxidation sites excluding steroid dienone is 2. The van der Waals surface area contributed by atoms with Crippen LogP contribution in [-0.4, -0.2) is 18.7 Å². The summed E-state index contributed by atoms with van der Waals surface area (Å²) >= 11 is 0. The third kappa shape index (κ3) is 3.05. The molecular formula is C22H20O3. The van der Waals surface area contributed by atoms with Crippen LogP contribution < -0.4 is 4.74 Å². The van der Waals surface area contributed by atoms with Gasteiger partial charge in [-0.2, -0.15) is 0 Å². The van der Waals surface area contributed by atoms with Crippen LogP contribution in [0.25, 0.3) is 12.2 Å². The Morgan fingerprint density at radius 1 is 1.12 bits per heavy atom. The normalized spacial score (nSPS) is 19.0. The van der Waals surface area contributed by atoms with Gasteiger partial charge in [-0.25, -0.2) is 0 Å². The lowest BCUT2D eigenvalue weighted by atomic mass is 9.67. The minimum absolute atomic E-state index is 0.147. The highest BCUT2D eigenvalue weighted by molar-refractivity contribution is 6.19. The lowest BCUT2D eigenvalue weighted by molar-refractivity contribution is -0.131. The number of hydrogen-bond donors (Lipinski definition) is 0. The number of methoxy groups -OCH3 is 1. The molecule has 1 aliphatic rings. The van der Waals surface area contributed by atoms with Crippen molar-refractivity contribution in [2.75, 3.05) is 7.11 Å². The van der Waals surface area contributed by atoms with Crippen molar-refractivity contribution in [2.24, 2.45) is 0 Å². The first-order valence-corrected chi connectivity index (χ1v) is 8.21. The number of rotatable bonds is 5. The van der Waals surface area contributed by atoms with Gasteiger partial charge in [0.15, 0.2) is 5.78 Å². The summed E-state index contributed by atoms with van der Waals surface area (Å²) in [5.41, 5.74) is 1.46. The van der Waals surface area contributed by atoms with Crippen molar-refractivity contribution in [2.45, 2.75) is 18.8 Å². The van der Waals surface area contributed by atoms with Gasteiger partial charge >= 0.3 is 0 Å². The molecule has 0 heterocycles. The molecule has 0 fully saturated rings. The summed E-state index contributed by atoms with van der Waals surface area (Å²) < 4.78 is 5.26. The smallest absolute Gasteiger partial charge is 0.173 e. The van der Waals surface area contributed by atoms with E-state index in [1.807, 2.05) is 54.6 Å². The van der Waals surface area contributed by atoms with Gasteiger partial charge < -0.3 is 4.74 Å². The summed E-state index contributed by atoms with van der Waals surface area (Å²) in [4.78, 5) is 25.3. The van der Waals surface area contributed by atoms with E-state index in [-0.39, 0.29) is 11.6 Å². The van der Waals surface area contributed by atoms with Crippen molar-refractivity contribution in [1.29, 1.82) is 0 Å². The molecule has 0 spiro atoms. The molecule has 126 valence electrons. The lowest BCUT2D eigenvalue weighted by Gasteiger charge is -2.32. The molecule has 0 saturated carbocycles. The molecule has 0 N–H and O–H groups in total. The highest BCUT2D eigenvalue weighted by atomic mass is 16.5. The molecule has 0 aliphatic heterocycles. The quantitative estimate of drug-likeness (QED) is 0.770. The average molecular weight is 332 g/mol. The molecule has 3 nitrogen and oxygen atoms in total. The van der Waals surface area contributed by atoms with Crippen LogP contribution in [0.1, 0.15) is 30.0 Å². The van der Waals surface area contributed by atoms with Crippen LogP contribution in [0.3, 0.4) is 0 Å². The standard InChI is InChI=1S/C22H20O3/c1-16(23)22(14-6-9-17-7-4-3-5-8-17)20-12-11-19(25-2)15-18(20)10-13-21(22)24/h3-13,15H,14H2,1-2H3/b9-6+. The molecule has 1 aliphatic carbocycles. The molecule has 2 aromatic carbocycles. The van der Waals surface area contributed by atoms with Gasteiger partial charge in [0.05, 0.1) is 7.11 Å². The summed E-state index contributed by atoms with van der Waals surface area (Å²) in [5, 5.41) is 0. The van der Waals surface area contributed by atoms with Crippen LogP contribution in [0.4, 0.5) is 0 Å². The number of carbonyl (C=O) groups excluding carboxylic acids is 2. The molecule has 3 heteroatoms. The molecule has 3 rings (SSSR count). The maximum Gasteiger partial charge on any atom is 0.173 e. The highest BCUT2D eigenvalue weighted by Crippen LogP contribution is 2.39. The third-order valence-corrected chi connectivity index (χ3v) is 4.69. The summed E-state index contributed by atoms with van der Waals surface area (Å²) in [6.45, 7) is 1.49. The number of benzene rings is 2. The average Bonchev–Trinajstić information content (AvgIpc) is 2.63. The van der Waals surface area contributed by atoms with E-state index in [9.17, 15) is 9.59 Å². The van der Waals surface area contributed by atoms with Crippen molar-refractivity contribution in [3.8, 4) is 5.75 Å². The first-order chi connectivity index (χ1) is 12.1. The van der Waals surface area contributed by atoms with E-state index in [0.717, 1.165) is 16.7 Å². The SMILES string of the molecule is COc1ccc2c(c1)C=CC(=O)C2(C/C=C/c1ccccc1)C(C)=O. The molecule has 2 aromatic rings. The Labute approximate surface area is 147 Å². The first-order valence-electron chi connectivity index (χ1n) is 8.21. The summed E-state index contributed by atoms with van der Waals surface area (Å²) in [7, 11) is 1.60. The zero-order valence-corrected chi connectivity index (χ0v) is 14.4. The van der Waals surface area contributed by atoms with Gasteiger partial charge in [0.2, 0.25) is 0 Å². The van der Waals surface area contributed by atoms with Gasteiger partial charge in [0.25, 0.3) is 0 Å². The van der Waals surface area contributed by atoms with Crippen LogP contribution in [0.5, 0.6) is 5.75 Å². The first kappa shape index (κ1) is 16.9. The monoisotopic (exact) mass is 332 g/mol. The molecule has 0 bridgehead atoms. The third-order valence-electron chi connectivity index (χ3n) is 4.69. The zero-order chi connectivity index (χ0) is 17.9. The fraction of sp³-hybridized carbons (Fsp3) is 0.182. The van der Waals surface area contributed by atoms with Crippen molar-refractivity contribution in [1.82, 2.24) is 0 Å². The van der Waals surface area contributed by atoms with Crippen molar-refractivity contribution >= 4 is 23.7 Å². The second-order valence-electron chi connectivity index (χ2n) is 6.13. The van der Waals surface area contributed by atoms with E-state index < -0.39 is 5.41 Å². The van der Waals surface area contributed by atoms with Gasteiger partial charge in [-0.15, -0.1) is 0 Å². The van der Waals surface area contributed by atoms with E-state index in [1.165, 1.54) is 13.0 Å². The molecule has 0 amide bonds. The molecule has 0 radical (unpaired) electrons. The van der Waals surface area contributed by atoms with E-state index in [4.69, 9.17) is 4.74 Å². The maximum atomic E-state index is 12.7. The molecule has 0 saturated heterocycles. The lowest BCUT2D eigenvalue weighted by Crippen LogP contribution is -2.43. The second-order valence-corrected chi connectivity index (χ2v) is 6.13. The Morgan fingerprint density at radius 3 is 2.56 bits per heavy atom. The van der Waals surface area contributed by atoms with Crippen LogP contribution in [0.15, 0.2) is 60.7 Å². The van der Waals surface area contributed by atoms with Crippen molar-refractivity contribution in [3.05, 3.63) is 77.4 Å². The number of Topliss-reactive ketones (excluding diaryl/α,β-unsaturated/α-hetero) is 1. The van der Waals surface area contributed by atoms with E-state index in [2.05, 4.69) is 0 Å². The van der Waals surface area contributed by atoms with Gasteiger partial charge in [-0.1, -0.05) is 54.6 Å². The Morgan fingerprint density at radius 2 is 1.88 bits per heavy atom. The highest BCUT2D eigenvalue weighted by Gasteiger charge is 2.45. The molecule has 0 aromatic heterocycles. The van der Waals surface area contributed by atoms with E-state index >= 15 is 0 Å². The zero-order valence-electron chi connectivity index (χ0n) is 14.4. The summed E-state index contributed by atoms with van der Waals surface area (Å²) in [6.07, 6.45) is 7.43. The fourth-order valence-corrected chi connectivity index (χ4v) is 3.29. The van der Waals surface area contributed by atoms with Gasteiger partial charge in [-0.05, 0) is 48.2 Å². The minimum Gasteiger partial charge on any atom is -0.497 e.